The Labute approximate surface area is 129 Å². The van der Waals surface area contributed by atoms with Gasteiger partial charge in [0.25, 0.3) is 0 Å². The maximum absolute atomic E-state index is 5.79. The summed E-state index contributed by atoms with van der Waals surface area (Å²) in [5, 5.41) is 3.40. The number of piperazine rings is 1. The van der Waals surface area contributed by atoms with Crippen molar-refractivity contribution in [3.63, 3.8) is 0 Å². The molecule has 0 aromatic heterocycles. The van der Waals surface area contributed by atoms with Crippen molar-refractivity contribution >= 4 is 0 Å². The third-order valence-electron chi connectivity index (χ3n) is 3.88. The number of aryl methyl sites for hydroxylation is 1. The van der Waals surface area contributed by atoms with Gasteiger partial charge in [-0.1, -0.05) is 26.0 Å². The van der Waals surface area contributed by atoms with Gasteiger partial charge in [-0.2, -0.15) is 0 Å². The Morgan fingerprint density at radius 2 is 2.00 bits per heavy atom. The topological polar surface area (TPSA) is 24.5 Å². The molecule has 21 heavy (non-hydrogen) atoms. The lowest BCUT2D eigenvalue weighted by molar-refractivity contribution is 0.237. The quantitative estimate of drug-likeness (QED) is 0.745. The summed E-state index contributed by atoms with van der Waals surface area (Å²) in [6, 6.07) is 8.59. The Morgan fingerprint density at radius 3 is 2.76 bits per heavy atom. The van der Waals surface area contributed by atoms with Gasteiger partial charge in [-0.15, -0.1) is 0 Å². The molecular weight excluding hydrogens is 260 g/mol. The number of nitrogens with zero attached hydrogens (tertiary/aromatic N) is 1. The van der Waals surface area contributed by atoms with Crippen LogP contribution in [0.25, 0.3) is 0 Å². The zero-order valence-corrected chi connectivity index (χ0v) is 13.6. The highest BCUT2D eigenvalue weighted by atomic mass is 16.5. The number of hydrogen-bond donors (Lipinski definition) is 1. The lowest BCUT2D eigenvalue weighted by Crippen LogP contribution is -2.43. The first kappa shape index (κ1) is 16.3. The predicted octanol–water partition coefficient (Wildman–Crippen LogP) is 2.95. The van der Waals surface area contributed by atoms with Crippen LogP contribution in [0.2, 0.25) is 0 Å². The lowest BCUT2D eigenvalue weighted by Gasteiger charge is -2.27. The summed E-state index contributed by atoms with van der Waals surface area (Å²) < 4.78 is 5.79. The summed E-state index contributed by atoms with van der Waals surface area (Å²) in [6.07, 6.45) is 3.71. The molecule has 0 amide bonds. The van der Waals surface area contributed by atoms with Crippen LogP contribution in [-0.4, -0.2) is 44.2 Å². The van der Waals surface area contributed by atoms with E-state index >= 15 is 0 Å². The van der Waals surface area contributed by atoms with Crippen LogP contribution < -0.4 is 10.1 Å². The van der Waals surface area contributed by atoms with Gasteiger partial charge in [-0.25, -0.2) is 0 Å². The Bertz CT molecular complexity index is 400. The average molecular weight is 290 g/mol. The lowest BCUT2D eigenvalue weighted by atomic mass is 10.1. The fraction of sp³-hybridized carbons (Fsp3) is 0.667. The fourth-order valence-corrected chi connectivity index (χ4v) is 2.65. The second-order valence-corrected chi connectivity index (χ2v) is 6.40. The number of ether oxygens (including phenoxy) is 1. The number of benzene rings is 1. The fourth-order valence-electron chi connectivity index (χ4n) is 2.65. The van der Waals surface area contributed by atoms with Gasteiger partial charge in [0, 0.05) is 26.2 Å². The Hall–Kier alpha value is -1.06. The smallest absolute Gasteiger partial charge is 0.119 e. The zero-order valence-electron chi connectivity index (χ0n) is 13.6. The van der Waals surface area contributed by atoms with Crippen molar-refractivity contribution in [1.29, 1.82) is 0 Å². The molecule has 2 rings (SSSR count). The van der Waals surface area contributed by atoms with E-state index in [4.69, 9.17) is 4.74 Å². The number of hydrogen-bond acceptors (Lipinski definition) is 3. The molecule has 0 saturated carbocycles. The molecule has 0 aliphatic carbocycles. The summed E-state index contributed by atoms with van der Waals surface area (Å²) in [7, 11) is 0. The summed E-state index contributed by atoms with van der Waals surface area (Å²) in [4.78, 5) is 2.57. The van der Waals surface area contributed by atoms with Crippen molar-refractivity contribution in [3.05, 3.63) is 29.8 Å². The van der Waals surface area contributed by atoms with Gasteiger partial charge in [0.2, 0.25) is 0 Å². The van der Waals surface area contributed by atoms with E-state index in [0.717, 1.165) is 31.9 Å². The maximum atomic E-state index is 5.79. The maximum Gasteiger partial charge on any atom is 0.119 e. The van der Waals surface area contributed by atoms with E-state index in [1.54, 1.807) is 0 Å². The number of nitrogens with one attached hydrogen (secondary N) is 1. The van der Waals surface area contributed by atoms with Crippen molar-refractivity contribution < 1.29 is 4.74 Å². The van der Waals surface area contributed by atoms with Crippen LogP contribution in [0, 0.1) is 5.92 Å². The Morgan fingerprint density at radius 1 is 1.19 bits per heavy atom. The molecule has 3 nitrogen and oxygen atoms in total. The van der Waals surface area contributed by atoms with E-state index in [9.17, 15) is 0 Å². The molecule has 1 heterocycles. The minimum atomic E-state index is 0.577. The molecule has 1 aliphatic rings. The molecule has 118 valence electrons. The van der Waals surface area contributed by atoms with Crippen molar-refractivity contribution in [2.45, 2.75) is 33.1 Å². The minimum absolute atomic E-state index is 0.577. The van der Waals surface area contributed by atoms with Crippen LogP contribution in [0.15, 0.2) is 24.3 Å². The third-order valence-corrected chi connectivity index (χ3v) is 3.88. The van der Waals surface area contributed by atoms with Gasteiger partial charge in [0.05, 0.1) is 6.61 Å². The molecule has 1 N–H and O–H groups in total. The highest BCUT2D eigenvalue weighted by Gasteiger charge is 2.08. The van der Waals surface area contributed by atoms with Crippen molar-refractivity contribution in [2.75, 3.05) is 39.3 Å². The van der Waals surface area contributed by atoms with Crippen LogP contribution >= 0.6 is 0 Å². The number of unbranched alkanes of at least 4 members (excludes halogenated alkanes) is 1. The minimum Gasteiger partial charge on any atom is -0.493 e. The van der Waals surface area contributed by atoms with E-state index in [2.05, 4.69) is 48.3 Å². The van der Waals surface area contributed by atoms with E-state index in [1.807, 2.05) is 0 Å². The average Bonchev–Trinajstić information content (AvgIpc) is 2.51. The van der Waals surface area contributed by atoms with Gasteiger partial charge in [-0.05, 0) is 49.4 Å². The highest BCUT2D eigenvalue weighted by Crippen LogP contribution is 2.16. The summed E-state index contributed by atoms with van der Waals surface area (Å²) >= 11 is 0. The molecule has 0 atom stereocenters. The van der Waals surface area contributed by atoms with Gasteiger partial charge in [-0.3, -0.25) is 0 Å². The van der Waals surface area contributed by atoms with Crippen molar-refractivity contribution in [1.82, 2.24) is 10.2 Å². The summed E-state index contributed by atoms with van der Waals surface area (Å²) in [5.74, 6) is 1.59. The molecule has 0 bridgehead atoms. The zero-order chi connectivity index (χ0) is 14.9. The summed E-state index contributed by atoms with van der Waals surface area (Å²) in [6.45, 7) is 11.1. The van der Waals surface area contributed by atoms with Gasteiger partial charge in [0.15, 0.2) is 0 Å². The molecule has 3 heteroatoms. The monoisotopic (exact) mass is 290 g/mol. The van der Waals surface area contributed by atoms with E-state index in [1.165, 1.54) is 38.0 Å². The van der Waals surface area contributed by atoms with E-state index < -0.39 is 0 Å². The second kappa shape index (κ2) is 9.06. The molecule has 0 unspecified atom stereocenters. The molecule has 1 fully saturated rings. The second-order valence-electron chi connectivity index (χ2n) is 6.40. The molecule has 1 aromatic carbocycles. The van der Waals surface area contributed by atoms with Crippen LogP contribution in [0.1, 0.15) is 32.3 Å². The highest BCUT2D eigenvalue weighted by molar-refractivity contribution is 5.28. The van der Waals surface area contributed by atoms with E-state index in [-0.39, 0.29) is 0 Å². The first-order chi connectivity index (χ1) is 10.2. The Kier molecular flexibility index (Phi) is 7.04. The molecular formula is C18H30N2O. The van der Waals surface area contributed by atoms with Gasteiger partial charge in [0.1, 0.15) is 5.75 Å². The van der Waals surface area contributed by atoms with Crippen molar-refractivity contribution in [3.8, 4) is 5.75 Å². The first-order valence-electron chi connectivity index (χ1n) is 8.39. The van der Waals surface area contributed by atoms with Crippen LogP contribution in [0.3, 0.4) is 0 Å². The van der Waals surface area contributed by atoms with Crippen molar-refractivity contribution in [2.24, 2.45) is 5.92 Å². The standard InChI is InChI=1S/C18H30N2O/c1-16(2)15-21-18-8-5-7-17(14-18)6-3-4-11-20-12-9-19-10-13-20/h5,7-8,14,16,19H,3-4,6,9-13,15H2,1-2H3. The third kappa shape index (κ3) is 6.49. The molecule has 1 saturated heterocycles. The van der Waals surface area contributed by atoms with Crippen LogP contribution in [0.5, 0.6) is 5.75 Å². The van der Waals surface area contributed by atoms with E-state index in [0.29, 0.717) is 5.92 Å². The molecule has 0 spiro atoms. The SMILES string of the molecule is CC(C)COc1cccc(CCCCN2CCNCC2)c1. The largest absolute Gasteiger partial charge is 0.493 e. The van der Waals surface area contributed by atoms with Crippen LogP contribution in [0.4, 0.5) is 0 Å². The van der Waals surface area contributed by atoms with Gasteiger partial charge < -0.3 is 15.0 Å². The first-order valence-corrected chi connectivity index (χ1v) is 8.39. The van der Waals surface area contributed by atoms with Crippen LogP contribution in [-0.2, 0) is 6.42 Å². The molecule has 0 radical (unpaired) electrons. The number of rotatable bonds is 8. The Balaban J connectivity index is 1.66. The van der Waals surface area contributed by atoms with Gasteiger partial charge >= 0.3 is 0 Å². The molecule has 1 aromatic rings. The predicted molar refractivity (Wildman–Crippen MR) is 89.0 cm³/mol. The molecule has 1 aliphatic heterocycles. The summed E-state index contributed by atoms with van der Waals surface area (Å²) in [5.41, 5.74) is 1.40. The normalized spacial score (nSPS) is 16.3.